The molecule has 0 radical (unpaired) electrons. The highest BCUT2D eigenvalue weighted by Crippen LogP contribution is 2.41. The van der Waals surface area contributed by atoms with Crippen molar-refractivity contribution in [2.75, 3.05) is 31.1 Å². The number of carbonyl (C=O) groups is 1. The number of urea groups is 1. The van der Waals surface area contributed by atoms with Gasteiger partial charge in [-0.15, -0.1) is 0 Å². The molecular weight excluding hydrogens is 385 g/mol. The molecule has 5 rings (SSSR count). The molecule has 3 aromatic rings. The van der Waals surface area contributed by atoms with E-state index in [9.17, 15) is 9.18 Å². The monoisotopic (exact) mass is 409 g/mol. The molecule has 2 aliphatic rings. The van der Waals surface area contributed by atoms with Gasteiger partial charge in [0, 0.05) is 33.2 Å². The fraction of sp³-hybridized carbons (Fsp3) is 0.429. The molecule has 8 nitrogen and oxygen atoms in total. The minimum atomic E-state index is -0.261. The predicted octanol–water partition coefficient (Wildman–Crippen LogP) is 2.49. The van der Waals surface area contributed by atoms with Crippen molar-refractivity contribution in [1.82, 2.24) is 30.0 Å². The average Bonchev–Trinajstić information content (AvgIpc) is 3.55. The number of amides is 2. The number of carbonyl (C=O) groups excluding carboxylic acids is 1. The van der Waals surface area contributed by atoms with Crippen LogP contribution in [0.4, 0.5) is 15.0 Å². The SMILES string of the molecule is Cn1ncc2c(N3CCN(C(=O)NC(c4ccc(F)cc4)C4CC4)CC3)ncnc21. The number of benzene rings is 1. The van der Waals surface area contributed by atoms with Crippen LogP contribution in [0.1, 0.15) is 24.4 Å². The standard InChI is InChI=1S/C21H24FN7O/c1-27-19-17(12-25-27)20(24-13-23-19)28-8-10-29(11-9-28)21(30)26-18(14-2-3-14)15-4-6-16(22)7-5-15/h4-7,12-14,18H,2-3,8-11H2,1H3,(H,26,30). The van der Waals surface area contributed by atoms with Crippen molar-refractivity contribution in [1.29, 1.82) is 0 Å². The van der Waals surface area contributed by atoms with Crippen molar-refractivity contribution in [3.63, 3.8) is 0 Å². The maximum Gasteiger partial charge on any atom is 0.318 e. The summed E-state index contributed by atoms with van der Waals surface area (Å²) >= 11 is 0. The molecule has 1 atom stereocenters. The van der Waals surface area contributed by atoms with Crippen LogP contribution in [0.3, 0.4) is 0 Å². The summed E-state index contributed by atoms with van der Waals surface area (Å²) in [7, 11) is 1.86. The van der Waals surface area contributed by atoms with Crippen LogP contribution in [0, 0.1) is 11.7 Å². The van der Waals surface area contributed by atoms with Crippen molar-refractivity contribution >= 4 is 22.9 Å². The molecular formula is C21H24FN7O. The molecule has 1 saturated heterocycles. The third kappa shape index (κ3) is 3.55. The number of nitrogens with one attached hydrogen (secondary N) is 1. The van der Waals surface area contributed by atoms with Gasteiger partial charge in [-0.05, 0) is 36.5 Å². The van der Waals surface area contributed by atoms with E-state index in [4.69, 9.17) is 0 Å². The molecule has 1 aliphatic heterocycles. The van der Waals surface area contributed by atoms with E-state index < -0.39 is 0 Å². The summed E-state index contributed by atoms with van der Waals surface area (Å²) in [6.07, 6.45) is 5.52. The molecule has 0 spiro atoms. The van der Waals surface area contributed by atoms with Crippen LogP contribution in [0.5, 0.6) is 0 Å². The highest BCUT2D eigenvalue weighted by Gasteiger charge is 2.35. The Hall–Kier alpha value is -3.23. The van der Waals surface area contributed by atoms with E-state index in [0.29, 0.717) is 32.1 Å². The van der Waals surface area contributed by atoms with Crippen LogP contribution in [0.2, 0.25) is 0 Å². The first-order valence-electron chi connectivity index (χ1n) is 10.3. The summed E-state index contributed by atoms with van der Waals surface area (Å²) in [5, 5.41) is 8.37. The summed E-state index contributed by atoms with van der Waals surface area (Å²) in [5.41, 5.74) is 1.76. The topological polar surface area (TPSA) is 79.2 Å². The van der Waals surface area contributed by atoms with Gasteiger partial charge >= 0.3 is 6.03 Å². The molecule has 1 saturated carbocycles. The van der Waals surface area contributed by atoms with Crippen LogP contribution < -0.4 is 10.2 Å². The van der Waals surface area contributed by atoms with Crippen molar-refractivity contribution in [2.24, 2.45) is 13.0 Å². The first kappa shape index (κ1) is 18.8. The van der Waals surface area contributed by atoms with Gasteiger partial charge in [0.1, 0.15) is 18.0 Å². The minimum absolute atomic E-state index is 0.0620. The molecule has 30 heavy (non-hydrogen) atoms. The molecule has 156 valence electrons. The fourth-order valence-corrected chi connectivity index (χ4v) is 4.12. The lowest BCUT2D eigenvalue weighted by molar-refractivity contribution is 0.188. The zero-order valence-electron chi connectivity index (χ0n) is 16.8. The molecule has 1 aliphatic carbocycles. The lowest BCUT2D eigenvalue weighted by Crippen LogP contribution is -2.52. The number of aryl methyl sites for hydroxylation is 1. The Morgan fingerprint density at radius 1 is 1.13 bits per heavy atom. The minimum Gasteiger partial charge on any atom is -0.352 e. The van der Waals surface area contributed by atoms with Crippen molar-refractivity contribution in [2.45, 2.75) is 18.9 Å². The maximum absolute atomic E-state index is 13.3. The summed E-state index contributed by atoms with van der Waals surface area (Å²) in [6, 6.07) is 6.32. The van der Waals surface area contributed by atoms with E-state index in [1.165, 1.54) is 12.1 Å². The summed E-state index contributed by atoms with van der Waals surface area (Å²) < 4.78 is 15.0. The molecule has 1 unspecified atom stereocenters. The van der Waals surface area contributed by atoms with Gasteiger partial charge < -0.3 is 15.1 Å². The smallest absolute Gasteiger partial charge is 0.318 e. The van der Waals surface area contributed by atoms with E-state index in [1.807, 2.05) is 11.9 Å². The fourth-order valence-electron chi connectivity index (χ4n) is 4.12. The number of nitrogens with zero attached hydrogens (tertiary/aromatic N) is 6. The number of aromatic nitrogens is 4. The van der Waals surface area contributed by atoms with Gasteiger partial charge in [0.15, 0.2) is 5.65 Å². The second-order valence-electron chi connectivity index (χ2n) is 7.99. The lowest BCUT2D eigenvalue weighted by atomic mass is 10.0. The van der Waals surface area contributed by atoms with E-state index >= 15 is 0 Å². The third-order valence-corrected chi connectivity index (χ3v) is 5.98. The Balaban J connectivity index is 1.24. The largest absolute Gasteiger partial charge is 0.352 e. The van der Waals surface area contributed by atoms with Gasteiger partial charge in [0.25, 0.3) is 0 Å². The molecule has 1 aromatic carbocycles. The Kier molecular flexibility index (Phi) is 4.72. The maximum atomic E-state index is 13.3. The Bertz CT molecular complexity index is 1050. The predicted molar refractivity (Wildman–Crippen MR) is 110 cm³/mol. The first-order chi connectivity index (χ1) is 14.6. The molecule has 0 bridgehead atoms. The van der Waals surface area contributed by atoms with Gasteiger partial charge in [0.2, 0.25) is 0 Å². The molecule has 3 heterocycles. The Morgan fingerprint density at radius 3 is 2.57 bits per heavy atom. The average molecular weight is 409 g/mol. The molecule has 2 fully saturated rings. The van der Waals surface area contributed by atoms with Crippen LogP contribution in [-0.4, -0.2) is 56.9 Å². The van der Waals surface area contributed by atoms with Gasteiger partial charge in [-0.3, -0.25) is 4.68 Å². The number of anilines is 1. The molecule has 1 N–H and O–H groups in total. The van der Waals surface area contributed by atoms with Gasteiger partial charge in [-0.2, -0.15) is 5.10 Å². The Labute approximate surface area is 173 Å². The Morgan fingerprint density at radius 2 is 1.87 bits per heavy atom. The number of rotatable bonds is 4. The van der Waals surface area contributed by atoms with Crippen molar-refractivity contribution < 1.29 is 9.18 Å². The van der Waals surface area contributed by atoms with Crippen LogP contribution in [-0.2, 0) is 7.05 Å². The van der Waals surface area contributed by atoms with Gasteiger partial charge in [-0.25, -0.2) is 19.2 Å². The zero-order chi connectivity index (χ0) is 20.7. The molecule has 2 amide bonds. The zero-order valence-corrected chi connectivity index (χ0v) is 16.8. The van der Waals surface area contributed by atoms with E-state index in [2.05, 4.69) is 25.3 Å². The van der Waals surface area contributed by atoms with Crippen LogP contribution >= 0.6 is 0 Å². The summed E-state index contributed by atoms with van der Waals surface area (Å²) in [4.78, 5) is 25.7. The number of piperazine rings is 1. The van der Waals surface area contributed by atoms with Crippen molar-refractivity contribution in [3.05, 3.63) is 48.2 Å². The first-order valence-corrected chi connectivity index (χ1v) is 10.3. The normalized spacial score (nSPS) is 17.9. The second-order valence-corrected chi connectivity index (χ2v) is 7.99. The number of halogens is 1. The second kappa shape index (κ2) is 7.55. The molecule has 2 aromatic heterocycles. The number of hydrogen-bond acceptors (Lipinski definition) is 5. The van der Waals surface area contributed by atoms with Crippen molar-refractivity contribution in [3.8, 4) is 0 Å². The van der Waals surface area contributed by atoms with E-state index in [-0.39, 0.29) is 17.9 Å². The van der Waals surface area contributed by atoms with Gasteiger partial charge in [0.05, 0.1) is 17.6 Å². The number of fused-ring (bicyclic) bond motifs is 1. The highest BCUT2D eigenvalue weighted by molar-refractivity contribution is 5.86. The van der Waals surface area contributed by atoms with Crippen LogP contribution in [0.15, 0.2) is 36.8 Å². The third-order valence-electron chi connectivity index (χ3n) is 5.98. The highest BCUT2D eigenvalue weighted by atomic mass is 19.1. The molecule has 9 heteroatoms. The summed E-state index contributed by atoms with van der Waals surface area (Å²) in [5.74, 6) is 1.03. The summed E-state index contributed by atoms with van der Waals surface area (Å²) in [6.45, 7) is 2.61. The van der Waals surface area contributed by atoms with Crippen LogP contribution in [0.25, 0.3) is 11.0 Å². The van der Waals surface area contributed by atoms with Gasteiger partial charge in [-0.1, -0.05) is 12.1 Å². The van der Waals surface area contributed by atoms with E-state index in [1.54, 1.807) is 29.3 Å². The lowest BCUT2D eigenvalue weighted by Gasteiger charge is -2.36. The number of hydrogen-bond donors (Lipinski definition) is 1. The quantitative estimate of drug-likeness (QED) is 0.716. The van der Waals surface area contributed by atoms with E-state index in [0.717, 1.165) is 35.3 Å².